The van der Waals surface area contributed by atoms with Crippen LogP contribution in [0.4, 0.5) is 5.69 Å². The lowest BCUT2D eigenvalue weighted by atomic mass is 10.0. The number of nitrogens with zero attached hydrogens (tertiary/aromatic N) is 2. The Morgan fingerprint density at radius 3 is 2.86 bits per heavy atom. The molecule has 0 spiro atoms. The van der Waals surface area contributed by atoms with E-state index in [0.29, 0.717) is 11.1 Å². The van der Waals surface area contributed by atoms with Crippen molar-refractivity contribution in [3.63, 3.8) is 0 Å². The van der Waals surface area contributed by atoms with E-state index in [2.05, 4.69) is 9.97 Å². The SMILES string of the molecule is Cc1c[nH]c(=O)nc1OCC(C)c1ccccc1[N+](=O)[O-]. The van der Waals surface area contributed by atoms with Gasteiger partial charge in [0, 0.05) is 29.3 Å². The van der Waals surface area contributed by atoms with Gasteiger partial charge in [-0.05, 0) is 6.92 Å². The van der Waals surface area contributed by atoms with Gasteiger partial charge in [0.15, 0.2) is 0 Å². The molecule has 1 aromatic heterocycles. The Hall–Kier alpha value is -2.70. The molecule has 0 saturated heterocycles. The molecule has 0 aliphatic heterocycles. The molecule has 0 amide bonds. The highest BCUT2D eigenvalue weighted by Crippen LogP contribution is 2.26. The number of hydrogen-bond acceptors (Lipinski definition) is 5. The largest absolute Gasteiger partial charge is 0.477 e. The van der Waals surface area contributed by atoms with E-state index in [9.17, 15) is 14.9 Å². The Morgan fingerprint density at radius 2 is 2.14 bits per heavy atom. The maximum atomic E-state index is 11.2. The molecule has 1 N–H and O–H groups in total. The summed E-state index contributed by atoms with van der Waals surface area (Å²) in [6.45, 7) is 3.78. The molecule has 21 heavy (non-hydrogen) atoms. The lowest BCUT2D eigenvalue weighted by Gasteiger charge is -2.13. The van der Waals surface area contributed by atoms with Crippen LogP contribution in [-0.4, -0.2) is 21.5 Å². The van der Waals surface area contributed by atoms with Gasteiger partial charge in [-0.15, -0.1) is 0 Å². The summed E-state index contributed by atoms with van der Waals surface area (Å²) < 4.78 is 5.51. The zero-order chi connectivity index (χ0) is 15.4. The summed E-state index contributed by atoms with van der Waals surface area (Å²) in [5.41, 5.74) is 0.854. The minimum atomic E-state index is -0.492. The van der Waals surface area contributed by atoms with Crippen molar-refractivity contribution < 1.29 is 9.66 Å². The molecule has 1 aromatic carbocycles. The summed E-state index contributed by atoms with van der Waals surface area (Å²) >= 11 is 0. The second-order valence-electron chi connectivity index (χ2n) is 4.72. The van der Waals surface area contributed by atoms with Crippen molar-refractivity contribution in [2.45, 2.75) is 19.8 Å². The van der Waals surface area contributed by atoms with Crippen LogP contribution in [0.1, 0.15) is 24.0 Å². The molecule has 0 aliphatic carbocycles. The number of aromatic nitrogens is 2. The highest BCUT2D eigenvalue weighted by Gasteiger charge is 2.19. The van der Waals surface area contributed by atoms with E-state index in [1.54, 1.807) is 25.1 Å². The molecule has 0 radical (unpaired) electrons. The Balaban J connectivity index is 2.15. The number of H-pyrrole nitrogens is 1. The summed E-state index contributed by atoms with van der Waals surface area (Å²) in [7, 11) is 0. The number of nitro groups is 1. The minimum absolute atomic E-state index is 0.0594. The van der Waals surface area contributed by atoms with Gasteiger partial charge in [-0.3, -0.25) is 10.1 Å². The van der Waals surface area contributed by atoms with Crippen LogP contribution in [0.2, 0.25) is 0 Å². The van der Waals surface area contributed by atoms with E-state index >= 15 is 0 Å². The van der Waals surface area contributed by atoms with E-state index in [4.69, 9.17) is 4.74 Å². The van der Waals surface area contributed by atoms with Crippen molar-refractivity contribution in [2.24, 2.45) is 0 Å². The molecular weight excluding hydrogens is 274 g/mol. The molecule has 110 valence electrons. The number of benzene rings is 1. The summed E-state index contributed by atoms with van der Waals surface area (Å²) in [6.07, 6.45) is 1.51. The predicted molar refractivity (Wildman–Crippen MR) is 76.6 cm³/mol. The van der Waals surface area contributed by atoms with Crippen molar-refractivity contribution in [2.75, 3.05) is 6.61 Å². The molecular formula is C14H15N3O4. The summed E-state index contributed by atoms with van der Waals surface area (Å²) in [5.74, 6) is 0.0382. The van der Waals surface area contributed by atoms with Gasteiger partial charge in [0.25, 0.3) is 5.69 Å². The van der Waals surface area contributed by atoms with E-state index in [1.165, 1.54) is 12.3 Å². The van der Waals surface area contributed by atoms with Gasteiger partial charge in [0.05, 0.1) is 11.5 Å². The summed E-state index contributed by atoms with van der Waals surface area (Å²) in [6, 6.07) is 6.53. The Labute approximate surface area is 120 Å². The molecule has 1 heterocycles. The normalized spacial score (nSPS) is 11.9. The lowest BCUT2D eigenvalue weighted by Crippen LogP contribution is -2.15. The third kappa shape index (κ3) is 3.44. The number of para-hydroxylation sites is 1. The number of nitrogens with one attached hydrogen (secondary N) is 1. The zero-order valence-corrected chi connectivity index (χ0v) is 11.7. The van der Waals surface area contributed by atoms with Gasteiger partial charge >= 0.3 is 5.69 Å². The van der Waals surface area contributed by atoms with Crippen LogP contribution in [0.25, 0.3) is 0 Å². The van der Waals surface area contributed by atoms with Crippen LogP contribution >= 0.6 is 0 Å². The zero-order valence-electron chi connectivity index (χ0n) is 11.7. The van der Waals surface area contributed by atoms with Crippen LogP contribution < -0.4 is 10.4 Å². The predicted octanol–water partition coefficient (Wildman–Crippen LogP) is 2.17. The van der Waals surface area contributed by atoms with Gasteiger partial charge in [-0.1, -0.05) is 25.1 Å². The van der Waals surface area contributed by atoms with Crippen LogP contribution in [0.3, 0.4) is 0 Å². The first-order valence-corrected chi connectivity index (χ1v) is 6.41. The Bertz CT molecular complexity index is 711. The van der Waals surface area contributed by atoms with Crippen LogP contribution in [0, 0.1) is 17.0 Å². The van der Waals surface area contributed by atoms with Gasteiger partial charge in [-0.2, -0.15) is 4.98 Å². The van der Waals surface area contributed by atoms with Crippen molar-refractivity contribution in [1.82, 2.24) is 9.97 Å². The average molecular weight is 289 g/mol. The van der Waals surface area contributed by atoms with Crippen molar-refractivity contribution in [3.05, 3.63) is 62.2 Å². The van der Waals surface area contributed by atoms with E-state index < -0.39 is 10.6 Å². The molecule has 0 bridgehead atoms. The number of nitro benzene ring substituents is 1. The highest BCUT2D eigenvalue weighted by atomic mass is 16.6. The molecule has 0 aliphatic rings. The Kier molecular flexibility index (Phi) is 4.32. The monoisotopic (exact) mass is 289 g/mol. The lowest BCUT2D eigenvalue weighted by molar-refractivity contribution is -0.385. The van der Waals surface area contributed by atoms with Gasteiger partial charge < -0.3 is 9.72 Å². The van der Waals surface area contributed by atoms with Crippen molar-refractivity contribution in [1.29, 1.82) is 0 Å². The fourth-order valence-electron chi connectivity index (χ4n) is 1.95. The van der Waals surface area contributed by atoms with Crippen LogP contribution in [0.15, 0.2) is 35.3 Å². The fourth-order valence-corrected chi connectivity index (χ4v) is 1.95. The minimum Gasteiger partial charge on any atom is -0.477 e. The third-order valence-corrected chi connectivity index (χ3v) is 3.09. The standard InChI is InChI=1S/C14H15N3O4/c1-9-7-15-14(18)16-13(9)21-8-10(2)11-5-3-4-6-12(11)17(19)20/h3-7,10H,8H2,1-2H3,(H,15,16,18). The van der Waals surface area contributed by atoms with Gasteiger partial charge in [0.1, 0.15) is 0 Å². The first-order valence-electron chi connectivity index (χ1n) is 6.41. The maximum Gasteiger partial charge on any atom is 0.348 e. The van der Waals surface area contributed by atoms with E-state index in [-0.39, 0.29) is 24.1 Å². The molecule has 1 atom stereocenters. The molecule has 0 saturated carbocycles. The molecule has 1 unspecified atom stereocenters. The smallest absolute Gasteiger partial charge is 0.348 e. The number of aromatic amines is 1. The summed E-state index contributed by atoms with van der Waals surface area (Å²) in [4.78, 5) is 27.9. The van der Waals surface area contributed by atoms with Crippen LogP contribution in [0.5, 0.6) is 5.88 Å². The Morgan fingerprint density at radius 1 is 1.43 bits per heavy atom. The van der Waals surface area contributed by atoms with Crippen molar-refractivity contribution >= 4 is 5.69 Å². The van der Waals surface area contributed by atoms with E-state index in [0.717, 1.165) is 0 Å². The summed E-state index contributed by atoms with van der Waals surface area (Å²) in [5, 5.41) is 11.0. The van der Waals surface area contributed by atoms with Gasteiger partial charge in [0.2, 0.25) is 5.88 Å². The number of ether oxygens (including phenoxy) is 1. The number of aryl methyl sites for hydroxylation is 1. The third-order valence-electron chi connectivity index (χ3n) is 3.09. The van der Waals surface area contributed by atoms with Crippen LogP contribution in [-0.2, 0) is 0 Å². The van der Waals surface area contributed by atoms with E-state index in [1.807, 2.05) is 6.92 Å². The molecule has 7 nitrogen and oxygen atoms in total. The van der Waals surface area contributed by atoms with Crippen molar-refractivity contribution in [3.8, 4) is 5.88 Å². The number of rotatable bonds is 5. The quantitative estimate of drug-likeness (QED) is 0.672. The second-order valence-corrected chi connectivity index (χ2v) is 4.72. The first-order chi connectivity index (χ1) is 9.99. The second kappa shape index (κ2) is 6.17. The molecule has 2 rings (SSSR count). The first kappa shape index (κ1) is 14.7. The highest BCUT2D eigenvalue weighted by molar-refractivity contribution is 5.42. The van der Waals surface area contributed by atoms with Gasteiger partial charge in [-0.25, -0.2) is 4.79 Å². The topological polar surface area (TPSA) is 98.1 Å². The number of hydrogen-bond donors (Lipinski definition) is 1. The average Bonchev–Trinajstić information content (AvgIpc) is 2.47. The molecule has 7 heteroatoms. The maximum absolute atomic E-state index is 11.2. The molecule has 0 fully saturated rings. The molecule has 2 aromatic rings. The fraction of sp³-hybridized carbons (Fsp3) is 0.286.